The molecule has 0 aromatic heterocycles. The molecule has 1 aromatic rings. The van der Waals surface area contributed by atoms with Gasteiger partial charge in [-0.3, -0.25) is 10.2 Å². The number of hydrogen-bond donors (Lipinski definition) is 2. The minimum atomic E-state index is -0.0333. The summed E-state index contributed by atoms with van der Waals surface area (Å²) in [6.07, 6.45) is 5.80. The second-order valence-corrected chi connectivity index (χ2v) is 7.26. The zero-order valence-electron chi connectivity index (χ0n) is 14.6. The van der Waals surface area contributed by atoms with Gasteiger partial charge >= 0.3 is 0 Å². The van der Waals surface area contributed by atoms with E-state index in [-0.39, 0.29) is 5.91 Å². The molecular weight excluding hydrogens is 288 g/mol. The maximum Gasteiger partial charge on any atom is 0.242 e. The van der Waals surface area contributed by atoms with E-state index in [4.69, 9.17) is 4.74 Å². The fourth-order valence-electron chi connectivity index (χ4n) is 2.86. The molecule has 4 nitrogen and oxygen atoms in total. The molecule has 0 aliphatic heterocycles. The van der Waals surface area contributed by atoms with Crippen LogP contribution in [-0.4, -0.2) is 13.0 Å². The lowest BCUT2D eigenvalue weighted by atomic mass is 9.74. The molecule has 2 rings (SSSR count). The lowest BCUT2D eigenvalue weighted by Crippen LogP contribution is -2.38. The first-order chi connectivity index (χ1) is 10.9. The SMILES string of the molecule is COc1ccc(CC(=O)NNC2=CCC(C(C)(C)C)CC2)cc1. The minimum Gasteiger partial charge on any atom is -0.497 e. The van der Waals surface area contributed by atoms with Crippen molar-refractivity contribution in [2.24, 2.45) is 11.3 Å². The van der Waals surface area contributed by atoms with Gasteiger partial charge in [0.15, 0.2) is 0 Å². The number of allylic oxidation sites excluding steroid dienone is 2. The fourth-order valence-corrected chi connectivity index (χ4v) is 2.86. The molecule has 2 N–H and O–H groups in total. The first kappa shape index (κ1) is 17.4. The van der Waals surface area contributed by atoms with Crippen molar-refractivity contribution in [3.05, 3.63) is 41.6 Å². The number of rotatable bonds is 5. The summed E-state index contributed by atoms with van der Waals surface area (Å²) in [6, 6.07) is 7.55. The van der Waals surface area contributed by atoms with Crippen molar-refractivity contribution in [2.45, 2.75) is 46.5 Å². The van der Waals surface area contributed by atoms with E-state index in [1.165, 1.54) is 0 Å². The van der Waals surface area contributed by atoms with Gasteiger partial charge < -0.3 is 10.2 Å². The molecule has 4 heteroatoms. The first-order valence-corrected chi connectivity index (χ1v) is 8.25. The summed E-state index contributed by atoms with van der Waals surface area (Å²) in [4.78, 5) is 12.0. The lowest BCUT2D eigenvalue weighted by Gasteiger charge is -2.33. The molecule has 1 aromatic carbocycles. The summed E-state index contributed by atoms with van der Waals surface area (Å²) in [5.41, 5.74) is 8.30. The van der Waals surface area contributed by atoms with Crippen LogP contribution in [-0.2, 0) is 11.2 Å². The summed E-state index contributed by atoms with van der Waals surface area (Å²) in [5, 5.41) is 0. The van der Waals surface area contributed by atoms with Crippen molar-refractivity contribution in [1.82, 2.24) is 10.9 Å². The standard InChI is InChI=1S/C19H28N2O2/c1-19(2,3)15-7-9-16(10-8-15)20-21-18(22)13-14-5-11-17(23-4)12-6-14/h5-6,9,11-12,15,20H,7-8,10,13H2,1-4H3,(H,21,22). The molecule has 23 heavy (non-hydrogen) atoms. The Labute approximate surface area is 139 Å². The maximum absolute atomic E-state index is 12.0. The zero-order chi connectivity index (χ0) is 16.9. The number of hydrazine groups is 1. The van der Waals surface area contributed by atoms with Gasteiger partial charge in [-0.15, -0.1) is 0 Å². The highest BCUT2D eigenvalue weighted by Crippen LogP contribution is 2.36. The van der Waals surface area contributed by atoms with Gasteiger partial charge in [-0.25, -0.2) is 0 Å². The molecule has 0 fully saturated rings. The predicted molar refractivity (Wildman–Crippen MR) is 92.9 cm³/mol. The minimum absolute atomic E-state index is 0.0333. The van der Waals surface area contributed by atoms with Gasteiger partial charge in [0.1, 0.15) is 5.75 Å². The Kier molecular flexibility index (Phi) is 5.69. The number of ether oxygens (including phenoxy) is 1. The normalized spacial score (nSPS) is 18.1. The summed E-state index contributed by atoms with van der Waals surface area (Å²) in [6.45, 7) is 6.88. The molecule has 1 aliphatic rings. The third kappa shape index (κ3) is 5.31. The van der Waals surface area contributed by atoms with Gasteiger partial charge in [-0.1, -0.05) is 39.0 Å². The van der Waals surface area contributed by atoms with Gasteiger partial charge in [0.25, 0.3) is 0 Å². The lowest BCUT2D eigenvalue weighted by molar-refractivity contribution is -0.121. The number of benzene rings is 1. The molecule has 1 aliphatic carbocycles. The number of carbonyl (C=O) groups is 1. The first-order valence-electron chi connectivity index (χ1n) is 8.25. The van der Waals surface area contributed by atoms with E-state index < -0.39 is 0 Å². The number of methoxy groups -OCH3 is 1. The van der Waals surface area contributed by atoms with Crippen molar-refractivity contribution in [2.75, 3.05) is 7.11 Å². The van der Waals surface area contributed by atoms with Gasteiger partial charge in [0, 0.05) is 5.70 Å². The van der Waals surface area contributed by atoms with Crippen molar-refractivity contribution in [3.8, 4) is 5.75 Å². The highest BCUT2D eigenvalue weighted by atomic mass is 16.5. The second-order valence-electron chi connectivity index (χ2n) is 7.26. The van der Waals surface area contributed by atoms with Crippen LogP contribution in [0.5, 0.6) is 5.75 Å². The van der Waals surface area contributed by atoms with Crippen LogP contribution in [0.15, 0.2) is 36.0 Å². The largest absolute Gasteiger partial charge is 0.497 e. The Balaban J connectivity index is 1.77. The smallest absolute Gasteiger partial charge is 0.242 e. The van der Waals surface area contributed by atoms with Crippen LogP contribution in [0.2, 0.25) is 0 Å². The van der Waals surface area contributed by atoms with Crippen molar-refractivity contribution in [1.29, 1.82) is 0 Å². The van der Waals surface area contributed by atoms with Gasteiger partial charge in [-0.05, 0) is 48.3 Å². The summed E-state index contributed by atoms with van der Waals surface area (Å²) < 4.78 is 5.11. The molecule has 0 saturated heterocycles. The zero-order valence-corrected chi connectivity index (χ0v) is 14.6. The quantitative estimate of drug-likeness (QED) is 0.816. The van der Waals surface area contributed by atoms with E-state index in [0.717, 1.165) is 36.3 Å². The number of carbonyl (C=O) groups excluding carboxylic acids is 1. The number of amides is 1. The average Bonchev–Trinajstić information content (AvgIpc) is 2.53. The van der Waals surface area contributed by atoms with E-state index >= 15 is 0 Å². The number of hydrogen-bond acceptors (Lipinski definition) is 3. The van der Waals surface area contributed by atoms with Crippen LogP contribution in [0.25, 0.3) is 0 Å². The Hall–Kier alpha value is -1.97. The molecule has 0 spiro atoms. The molecule has 1 unspecified atom stereocenters. The van der Waals surface area contributed by atoms with Crippen LogP contribution >= 0.6 is 0 Å². The van der Waals surface area contributed by atoms with E-state index in [0.29, 0.717) is 17.8 Å². The third-order valence-corrected chi connectivity index (χ3v) is 4.52. The molecular formula is C19H28N2O2. The average molecular weight is 316 g/mol. The van der Waals surface area contributed by atoms with Crippen LogP contribution in [0, 0.1) is 11.3 Å². The van der Waals surface area contributed by atoms with Crippen molar-refractivity contribution < 1.29 is 9.53 Å². The van der Waals surface area contributed by atoms with Gasteiger partial charge in [0.05, 0.1) is 13.5 Å². The van der Waals surface area contributed by atoms with Gasteiger partial charge in [0.2, 0.25) is 5.91 Å². The third-order valence-electron chi connectivity index (χ3n) is 4.52. The monoisotopic (exact) mass is 316 g/mol. The molecule has 0 saturated carbocycles. The molecule has 0 radical (unpaired) electrons. The predicted octanol–water partition coefficient (Wildman–Crippen LogP) is 3.59. The van der Waals surface area contributed by atoms with Crippen LogP contribution in [0.3, 0.4) is 0 Å². The second kappa shape index (κ2) is 7.53. The molecule has 0 bridgehead atoms. The van der Waals surface area contributed by atoms with Crippen molar-refractivity contribution >= 4 is 5.91 Å². The summed E-state index contributed by atoms with van der Waals surface area (Å²) in [7, 11) is 1.63. The van der Waals surface area contributed by atoms with E-state index in [2.05, 4.69) is 37.7 Å². The van der Waals surface area contributed by atoms with Crippen LogP contribution in [0.1, 0.15) is 45.6 Å². The summed E-state index contributed by atoms with van der Waals surface area (Å²) >= 11 is 0. The Morgan fingerprint density at radius 3 is 2.48 bits per heavy atom. The Morgan fingerprint density at radius 2 is 1.96 bits per heavy atom. The molecule has 1 amide bonds. The van der Waals surface area contributed by atoms with Gasteiger partial charge in [-0.2, -0.15) is 0 Å². The number of nitrogens with one attached hydrogen (secondary N) is 2. The molecule has 0 heterocycles. The summed E-state index contributed by atoms with van der Waals surface area (Å²) in [5.74, 6) is 1.48. The Morgan fingerprint density at radius 1 is 1.26 bits per heavy atom. The topological polar surface area (TPSA) is 50.4 Å². The maximum atomic E-state index is 12.0. The highest BCUT2D eigenvalue weighted by molar-refractivity contribution is 5.78. The highest BCUT2D eigenvalue weighted by Gasteiger charge is 2.26. The van der Waals surface area contributed by atoms with Crippen LogP contribution < -0.4 is 15.6 Å². The van der Waals surface area contributed by atoms with Crippen LogP contribution in [0.4, 0.5) is 0 Å². The Bertz CT molecular complexity index is 556. The molecule has 126 valence electrons. The molecule has 1 atom stereocenters. The fraction of sp³-hybridized carbons (Fsp3) is 0.526. The van der Waals surface area contributed by atoms with E-state index in [9.17, 15) is 4.79 Å². The van der Waals surface area contributed by atoms with Crippen molar-refractivity contribution in [3.63, 3.8) is 0 Å². The van der Waals surface area contributed by atoms with E-state index in [1.54, 1.807) is 7.11 Å². The van der Waals surface area contributed by atoms with E-state index in [1.807, 2.05) is 24.3 Å².